The van der Waals surface area contributed by atoms with Crippen LogP contribution in [0.2, 0.25) is 0 Å². The Balaban J connectivity index is 1.55. The van der Waals surface area contributed by atoms with Crippen molar-refractivity contribution in [3.05, 3.63) is 41.7 Å². The quantitative estimate of drug-likeness (QED) is 0.698. The minimum absolute atomic E-state index is 0.0292. The number of fused-ring (bicyclic) bond motifs is 1. The number of aryl methyl sites for hydroxylation is 1. The number of carbonyl (C=O) groups is 1. The lowest BCUT2D eigenvalue weighted by Crippen LogP contribution is -2.29. The van der Waals surface area contributed by atoms with E-state index in [9.17, 15) is 18.0 Å². The van der Waals surface area contributed by atoms with Crippen molar-refractivity contribution in [2.75, 3.05) is 13.1 Å². The monoisotopic (exact) mass is 365 g/mol. The summed E-state index contributed by atoms with van der Waals surface area (Å²) < 4.78 is 43.7. The summed E-state index contributed by atoms with van der Waals surface area (Å²) in [5.41, 5.74) is 1.16. The van der Waals surface area contributed by atoms with Gasteiger partial charge < -0.3 is 9.42 Å². The Kier molecular flexibility index (Phi) is 3.70. The molecule has 26 heavy (non-hydrogen) atoms. The second-order valence-corrected chi connectivity index (χ2v) is 6.18. The van der Waals surface area contributed by atoms with Gasteiger partial charge in [-0.3, -0.25) is 9.48 Å². The van der Waals surface area contributed by atoms with Gasteiger partial charge in [-0.25, -0.2) is 0 Å². The molecule has 10 heteroatoms. The van der Waals surface area contributed by atoms with Crippen molar-refractivity contribution in [1.82, 2.24) is 24.8 Å². The van der Waals surface area contributed by atoms with Crippen molar-refractivity contribution in [2.45, 2.75) is 18.5 Å². The number of amides is 1. The Hall–Kier alpha value is -2.91. The molecule has 2 aromatic heterocycles. The van der Waals surface area contributed by atoms with Gasteiger partial charge in [-0.05, 0) is 12.5 Å². The molecule has 0 aliphatic carbocycles. The minimum atomic E-state index is -4.67. The Labute approximate surface area is 145 Å². The van der Waals surface area contributed by atoms with E-state index in [2.05, 4.69) is 19.8 Å². The van der Waals surface area contributed by atoms with Gasteiger partial charge in [0.1, 0.15) is 0 Å². The summed E-state index contributed by atoms with van der Waals surface area (Å²) in [6.07, 6.45) is -4.21. The molecule has 1 amide bonds. The van der Waals surface area contributed by atoms with Gasteiger partial charge in [-0.15, -0.1) is 0 Å². The molecule has 1 atom stereocenters. The Morgan fingerprint density at radius 3 is 2.81 bits per heavy atom. The van der Waals surface area contributed by atoms with Crippen molar-refractivity contribution < 1.29 is 22.5 Å². The molecule has 136 valence electrons. The predicted molar refractivity (Wildman–Crippen MR) is 83.3 cm³/mol. The number of benzene rings is 1. The van der Waals surface area contributed by atoms with Crippen LogP contribution >= 0.6 is 0 Å². The Morgan fingerprint density at radius 1 is 1.31 bits per heavy atom. The fourth-order valence-corrected chi connectivity index (χ4v) is 3.19. The van der Waals surface area contributed by atoms with Crippen LogP contribution in [0.3, 0.4) is 0 Å². The number of rotatable bonds is 2. The number of nitrogens with zero attached hydrogens (tertiary/aromatic N) is 5. The molecule has 0 spiro atoms. The summed E-state index contributed by atoms with van der Waals surface area (Å²) in [7, 11) is 1.75. The third-order valence-corrected chi connectivity index (χ3v) is 4.49. The molecule has 0 radical (unpaired) electrons. The summed E-state index contributed by atoms with van der Waals surface area (Å²) in [5, 5.41) is 8.46. The lowest BCUT2D eigenvalue weighted by molar-refractivity contribution is -0.159. The number of para-hydroxylation sites is 1. The molecule has 7 nitrogen and oxygen atoms in total. The van der Waals surface area contributed by atoms with Gasteiger partial charge in [0.05, 0.1) is 5.52 Å². The zero-order valence-electron chi connectivity index (χ0n) is 13.7. The molecule has 1 aliphatic rings. The first-order chi connectivity index (χ1) is 12.3. The second-order valence-electron chi connectivity index (χ2n) is 6.18. The van der Waals surface area contributed by atoms with Crippen LogP contribution in [0.25, 0.3) is 10.9 Å². The van der Waals surface area contributed by atoms with Crippen LogP contribution < -0.4 is 0 Å². The lowest BCUT2D eigenvalue weighted by Gasteiger charge is -2.14. The van der Waals surface area contributed by atoms with Crippen LogP contribution in [0.5, 0.6) is 0 Å². The highest BCUT2D eigenvalue weighted by Gasteiger charge is 2.40. The topological polar surface area (TPSA) is 77.0 Å². The lowest BCUT2D eigenvalue weighted by atomic mass is 10.1. The van der Waals surface area contributed by atoms with Crippen LogP contribution in [0.15, 0.2) is 28.8 Å². The Bertz CT molecular complexity index is 978. The van der Waals surface area contributed by atoms with Gasteiger partial charge >= 0.3 is 12.1 Å². The molecule has 4 rings (SSSR count). The summed E-state index contributed by atoms with van der Waals surface area (Å²) in [6.45, 7) is 0.616. The van der Waals surface area contributed by atoms with Crippen molar-refractivity contribution in [3.63, 3.8) is 0 Å². The molecule has 1 aromatic carbocycles. The highest BCUT2D eigenvalue weighted by Crippen LogP contribution is 2.32. The van der Waals surface area contributed by atoms with Crippen LogP contribution in [0.1, 0.15) is 34.5 Å². The molecule has 3 aromatic rings. The van der Waals surface area contributed by atoms with E-state index in [0.717, 1.165) is 10.9 Å². The molecule has 3 heterocycles. The molecule has 0 saturated carbocycles. The molecule has 1 fully saturated rings. The molecular weight excluding hydrogens is 351 g/mol. The van der Waals surface area contributed by atoms with E-state index in [1.54, 1.807) is 16.6 Å². The van der Waals surface area contributed by atoms with E-state index in [-0.39, 0.29) is 18.3 Å². The smallest absolute Gasteiger partial charge is 0.336 e. The minimum Gasteiger partial charge on any atom is -0.336 e. The van der Waals surface area contributed by atoms with Gasteiger partial charge in [-0.2, -0.15) is 23.3 Å². The largest absolute Gasteiger partial charge is 0.471 e. The van der Waals surface area contributed by atoms with Crippen molar-refractivity contribution in [3.8, 4) is 0 Å². The van der Waals surface area contributed by atoms with E-state index in [4.69, 9.17) is 0 Å². The number of halogens is 3. The number of carbonyl (C=O) groups excluding carboxylic acids is 1. The van der Waals surface area contributed by atoms with E-state index in [1.165, 1.54) is 0 Å². The molecule has 0 N–H and O–H groups in total. The van der Waals surface area contributed by atoms with Gasteiger partial charge in [0.25, 0.3) is 5.91 Å². The number of aromatic nitrogens is 4. The van der Waals surface area contributed by atoms with E-state index >= 15 is 0 Å². The normalized spacial score (nSPS) is 18.0. The maximum atomic E-state index is 12.8. The summed E-state index contributed by atoms with van der Waals surface area (Å²) in [5.74, 6) is -2.05. The van der Waals surface area contributed by atoms with E-state index in [1.807, 2.05) is 24.3 Å². The third kappa shape index (κ3) is 2.71. The Morgan fingerprint density at radius 2 is 2.08 bits per heavy atom. The molecule has 0 bridgehead atoms. The first-order valence-corrected chi connectivity index (χ1v) is 7.96. The molecule has 0 unspecified atom stereocenters. The van der Waals surface area contributed by atoms with Gasteiger partial charge in [-0.1, -0.05) is 23.4 Å². The number of hydrogen-bond acceptors (Lipinski definition) is 5. The van der Waals surface area contributed by atoms with Gasteiger partial charge in [0.2, 0.25) is 0 Å². The zero-order valence-corrected chi connectivity index (χ0v) is 13.7. The molecule has 1 aliphatic heterocycles. The summed E-state index contributed by atoms with van der Waals surface area (Å²) >= 11 is 0. The zero-order chi connectivity index (χ0) is 18.5. The standard InChI is InChI=1S/C16H14F3N5O2/c1-23-11-5-3-2-4-10(11)12(21-23)14(25)24-7-6-9(8-24)13-20-15(26-22-13)16(17,18)19/h2-5,9H,6-8H2,1H3/t9-/m0/s1. The van der Waals surface area contributed by atoms with E-state index in [0.29, 0.717) is 18.7 Å². The maximum Gasteiger partial charge on any atom is 0.471 e. The highest BCUT2D eigenvalue weighted by atomic mass is 19.4. The molecular formula is C16H14F3N5O2. The average molecular weight is 365 g/mol. The van der Waals surface area contributed by atoms with Crippen molar-refractivity contribution >= 4 is 16.8 Å². The first kappa shape index (κ1) is 16.6. The summed E-state index contributed by atoms with van der Waals surface area (Å²) in [4.78, 5) is 17.8. The third-order valence-electron chi connectivity index (χ3n) is 4.49. The van der Waals surface area contributed by atoms with Crippen LogP contribution in [0.4, 0.5) is 13.2 Å². The predicted octanol–water partition coefficient (Wildman–Crippen LogP) is 2.60. The number of likely N-dealkylation sites (tertiary alicyclic amines) is 1. The van der Waals surface area contributed by atoms with Gasteiger partial charge in [0, 0.05) is 31.4 Å². The highest BCUT2D eigenvalue weighted by molar-refractivity contribution is 6.04. The van der Waals surface area contributed by atoms with Crippen LogP contribution in [0, 0.1) is 0 Å². The van der Waals surface area contributed by atoms with Crippen LogP contribution in [-0.2, 0) is 13.2 Å². The fraction of sp³-hybridized carbons (Fsp3) is 0.375. The number of alkyl halides is 3. The van der Waals surface area contributed by atoms with E-state index < -0.39 is 18.0 Å². The van der Waals surface area contributed by atoms with Crippen molar-refractivity contribution in [2.24, 2.45) is 7.05 Å². The van der Waals surface area contributed by atoms with Gasteiger partial charge in [0.15, 0.2) is 11.5 Å². The van der Waals surface area contributed by atoms with Crippen molar-refractivity contribution in [1.29, 1.82) is 0 Å². The first-order valence-electron chi connectivity index (χ1n) is 7.96. The average Bonchev–Trinajstić information content (AvgIpc) is 3.32. The molecule has 1 saturated heterocycles. The SMILES string of the molecule is Cn1nc(C(=O)N2CC[C@H](c3noc(C(F)(F)F)n3)C2)c2ccccc21. The fourth-order valence-electron chi connectivity index (χ4n) is 3.19. The second kappa shape index (κ2) is 5.82. The van der Waals surface area contributed by atoms with Crippen LogP contribution in [-0.4, -0.2) is 43.8 Å². The summed E-state index contributed by atoms with van der Waals surface area (Å²) in [6, 6.07) is 7.37. The number of hydrogen-bond donors (Lipinski definition) is 0. The maximum absolute atomic E-state index is 12.8.